The summed E-state index contributed by atoms with van der Waals surface area (Å²) in [5.74, 6) is -0.900. The first-order valence-electron chi connectivity index (χ1n) is 3.88. The Morgan fingerprint density at radius 3 is 2.36 bits per heavy atom. The zero-order valence-corrected chi connectivity index (χ0v) is 10.5. The van der Waals surface area contributed by atoms with E-state index in [1.807, 2.05) is 0 Å². The van der Waals surface area contributed by atoms with Crippen LogP contribution in [0.1, 0.15) is 17.3 Å². The van der Waals surface area contributed by atoms with Crippen molar-refractivity contribution in [2.24, 2.45) is 0 Å². The lowest BCUT2D eigenvalue weighted by Gasteiger charge is -2.06. The van der Waals surface area contributed by atoms with Crippen molar-refractivity contribution in [3.8, 4) is 0 Å². The predicted molar refractivity (Wildman–Crippen MR) is 57.8 cm³/mol. The van der Waals surface area contributed by atoms with E-state index in [0.29, 0.717) is 14.5 Å². The fourth-order valence-corrected chi connectivity index (χ4v) is 2.39. The number of rotatable bonds is 2. The number of carbonyl (C=O) groups excluding carboxylic acids is 1. The molecular weight excluding hydrogens is 319 g/mol. The lowest BCUT2D eigenvalue weighted by atomic mass is 10.2. The monoisotopic (exact) mass is 324 g/mol. The predicted octanol–water partition coefficient (Wildman–Crippen LogP) is 3.53. The first-order chi connectivity index (χ1) is 6.56. The summed E-state index contributed by atoms with van der Waals surface area (Å²) < 4.78 is 18.4. The van der Waals surface area contributed by atoms with Crippen LogP contribution < -0.4 is 0 Å². The zero-order valence-electron chi connectivity index (χ0n) is 7.31. The fourth-order valence-electron chi connectivity index (χ4n) is 0.940. The Morgan fingerprint density at radius 2 is 1.93 bits per heavy atom. The third kappa shape index (κ3) is 2.54. The Balaban J connectivity index is 3.14. The SMILES string of the molecule is CCOC(=O)c1c(Br)cc(F)cc1Br. The molecule has 0 bridgehead atoms. The zero-order chi connectivity index (χ0) is 10.7. The van der Waals surface area contributed by atoms with Crippen molar-refractivity contribution < 1.29 is 13.9 Å². The summed E-state index contributed by atoms with van der Waals surface area (Å²) in [5.41, 5.74) is 0.299. The third-order valence-electron chi connectivity index (χ3n) is 1.49. The number of benzene rings is 1. The maximum Gasteiger partial charge on any atom is 0.340 e. The van der Waals surface area contributed by atoms with Crippen molar-refractivity contribution in [1.82, 2.24) is 0 Å². The van der Waals surface area contributed by atoms with Crippen LogP contribution in [0, 0.1) is 5.82 Å². The van der Waals surface area contributed by atoms with Gasteiger partial charge in [0.1, 0.15) is 5.82 Å². The molecule has 0 aliphatic carbocycles. The molecule has 0 aliphatic rings. The highest BCUT2D eigenvalue weighted by molar-refractivity contribution is 9.11. The highest BCUT2D eigenvalue weighted by Crippen LogP contribution is 2.27. The van der Waals surface area contributed by atoms with Gasteiger partial charge in [-0.2, -0.15) is 0 Å². The minimum atomic E-state index is -0.480. The number of hydrogen-bond acceptors (Lipinski definition) is 2. The van der Waals surface area contributed by atoms with Gasteiger partial charge in [-0.3, -0.25) is 0 Å². The second-order valence-corrected chi connectivity index (χ2v) is 4.17. The van der Waals surface area contributed by atoms with Crippen molar-refractivity contribution in [2.75, 3.05) is 6.61 Å². The molecule has 0 aromatic heterocycles. The maximum atomic E-state index is 12.8. The number of carbonyl (C=O) groups is 1. The van der Waals surface area contributed by atoms with Gasteiger partial charge in [0.05, 0.1) is 12.2 Å². The normalized spacial score (nSPS) is 10.0. The van der Waals surface area contributed by atoms with Crippen LogP contribution in [0.25, 0.3) is 0 Å². The van der Waals surface area contributed by atoms with E-state index in [1.165, 1.54) is 12.1 Å². The summed E-state index contributed by atoms with van der Waals surface area (Å²) in [7, 11) is 0. The Hall–Kier alpha value is -0.420. The van der Waals surface area contributed by atoms with E-state index in [4.69, 9.17) is 4.74 Å². The summed E-state index contributed by atoms with van der Waals surface area (Å²) in [6.45, 7) is 2.00. The molecule has 0 aliphatic heterocycles. The molecule has 5 heteroatoms. The molecule has 1 aromatic rings. The highest BCUT2D eigenvalue weighted by atomic mass is 79.9. The number of hydrogen-bond donors (Lipinski definition) is 0. The lowest BCUT2D eigenvalue weighted by Crippen LogP contribution is -2.06. The average Bonchev–Trinajstić information content (AvgIpc) is 2.01. The van der Waals surface area contributed by atoms with Crippen LogP contribution >= 0.6 is 31.9 Å². The van der Waals surface area contributed by atoms with E-state index < -0.39 is 11.8 Å². The van der Waals surface area contributed by atoms with Gasteiger partial charge in [0.2, 0.25) is 0 Å². The molecule has 0 unspecified atom stereocenters. The van der Waals surface area contributed by atoms with Crippen molar-refractivity contribution in [2.45, 2.75) is 6.92 Å². The Morgan fingerprint density at radius 1 is 1.43 bits per heavy atom. The molecule has 0 atom stereocenters. The van der Waals surface area contributed by atoms with E-state index in [2.05, 4.69) is 31.9 Å². The van der Waals surface area contributed by atoms with Crippen molar-refractivity contribution >= 4 is 37.8 Å². The Kier molecular flexibility index (Phi) is 4.07. The highest BCUT2D eigenvalue weighted by Gasteiger charge is 2.16. The molecule has 1 rings (SSSR count). The van der Waals surface area contributed by atoms with Gasteiger partial charge in [-0.1, -0.05) is 0 Å². The van der Waals surface area contributed by atoms with E-state index in [0.717, 1.165) is 0 Å². The summed E-state index contributed by atoms with van der Waals surface area (Å²) in [6, 6.07) is 2.44. The van der Waals surface area contributed by atoms with Crippen molar-refractivity contribution in [1.29, 1.82) is 0 Å². The molecule has 2 nitrogen and oxygen atoms in total. The molecule has 0 N–H and O–H groups in total. The van der Waals surface area contributed by atoms with E-state index in [9.17, 15) is 9.18 Å². The van der Waals surface area contributed by atoms with Gasteiger partial charge in [-0.05, 0) is 50.9 Å². The minimum Gasteiger partial charge on any atom is -0.462 e. The largest absolute Gasteiger partial charge is 0.462 e. The first-order valence-corrected chi connectivity index (χ1v) is 5.46. The standard InChI is InChI=1S/C9H7Br2FO2/c1-2-14-9(13)8-6(10)3-5(12)4-7(8)11/h3-4H,2H2,1H3. The van der Waals surface area contributed by atoms with Crippen LogP contribution in [0.3, 0.4) is 0 Å². The molecule has 0 spiro atoms. The number of halogens is 3. The van der Waals surface area contributed by atoms with Gasteiger partial charge in [-0.25, -0.2) is 9.18 Å². The summed E-state index contributed by atoms with van der Waals surface area (Å²) in [4.78, 5) is 11.4. The molecule has 0 heterocycles. The molecule has 0 saturated heterocycles. The van der Waals surface area contributed by atoms with Gasteiger partial charge in [0.15, 0.2) is 0 Å². The van der Waals surface area contributed by atoms with Gasteiger partial charge in [-0.15, -0.1) is 0 Å². The third-order valence-corrected chi connectivity index (χ3v) is 2.74. The molecule has 1 aromatic carbocycles. The fraction of sp³-hybridized carbons (Fsp3) is 0.222. The Bertz CT molecular complexity index is 343. The topological polar surface area (TPSA) is 26.3 Å². The maximum absolute atomic E-state index is 12.8. The van der Waals surface area contributed by atoms with Gasteiger partial charge >= 0.3 is 5.97 Å². The quantitative estimate of drug-likeness (QED) is 0.778. The van der Waals surface area contributed by atoms with Gasteiger partial charge in [0.25, 0.3) is 0 Å². The molecule has 0 saturated carbocycles. The average molecular weight is 326 g/mol. The molecule has 0 radical (unpaired) electrons. The summed E-state index contributed by atoms with van der Waals surface area (Å²) in [5, 5.41) is 0. The number of esters is 1. The van der Waals surface area contributed by atoms with Gasteiger partial charge in [0, 0.05) is 8.95 Å². The van der Waals surface area contributed by atoms with E-state index >= 15 is 0 Å². The molecular formula is C9H7Br2FO2. The second-order valence-electron chi connectivity index (χ2n) is 2.46. The van der Waals surface area contributed by atoms with E-state index in [-0.39, 0.29) is 6.61 Å². The molecule has 76 valence electrons. The second kappa shape index (κ2) is 4.89. The van der Waals surface area contributed by atoms with E-state index in [1.54, 1.807) is 6.92 Å². The van der Waals surface area contributed by atoms with Crippen molar-refractivity contribution in [3.63, 3.8) is 0 Å². The first kappa shape index (κ1) is 11.7. The molecule has 0 fully saturated rings. The lowest BCUT2D eigenvalue weighted by molar-refractivity contribution is 0.0524. The van der Waals surface area contributed by atoms with Crippen LogP contribution in [0.2, 0.25) is 0 Å². The summed E-state index contributed by atoms with van der Waals surface area (Å²) in [6.07, 6.45) is 0. The van der Waals surface area contributed by atoms with Crippen molar-refractivity contribution in [3.05, 3.63) is 32.5 Å². The minimum absolute atomic E-state index is 0.287. The van der Waals surface area contributed by atoms with Crippen LogP contribution in [0.5, 0.6) is 0 Å². The number of ether oxygens (including phenoxy) is 1. The molecule has 14 heavy (non-hydrogen) atoms. The van der Waals surface area contributed by atoms with Crippen LogP contribution in [-0.4, -0.2) is 12.6 Å². The Labute approximate surface area is 97.7 Å². The summed E-state index contributed by atoms with van der Waals surface area (Å²) >= 11 is 6.20. The molecule has 0 amide bonds. The van der Waals surface area contributed by atoms with Gasteiger partial charge < -0.3 is 4.74 Å². The van der Waals surface area contributed by atoms with Crippen LogP contribution in [0.4, 0.5) is 4.39 Å². The van der Waals surface area contributed by atoms with Crippen LogP contribution in [0.15, 0.2) is 21.1 Å². The smallest absolute Gasteiger partial charge is 0.340 e. The van der Waals surface area contributed by atoms with Crippen LogP contribution in [-0.2, 0) is 4.74 Å².